The summed E-state index contributed by atoms with van der Waals surface area (Å²) in [6.07, 6.45) is 0. The fourth-order valence-corrected chi connectivity index (χ4v) is 3.36. The second-order valence-corrected chi connectivity index (χ2v) is 6.18. The predicted octanol–water partition coefficient (Wildman–Crippen LogP) is 5.01. The Morgan fingerprint density at radius 3 is 2.22 bits per heavy atom. The van der Waals surface area contributed by atoms with Gasteiger partial charge in [-0.25, -0.2) is 4.98 Å². The lowest BCUT2D eigenvalue weighted by Gasteiger charge is -2.13. The Morgan fingerprint density at radius 1 is 1.00 bits per heavy atom. The molecule has 0 atom stereocenters. The van der Waals surface area contributed by atoms with Crippen molar-refractivity contribution in [3.63, 3.8) is 0 Å². The molecule has 0 aliphatic rings. The zero-order valence-corrected chi connectivity index (χ0v) is 13.6. The number of nitriles is 1. The van der Waals surface area contributed by atoms with Gasteiger partial charge < -0.3 is 5.73 Å². The smallest absolute Gasteiger partial charge is 0.153 e. The molecular formula is C18H12ClN3S. The zero-order chi connectivity index (χ0) is 16.2. The quantitative estimate of drug-likeness (QED) is 0.682. The number of benzene rings is 2. The van der Waals surface area contributed by atoms with E-state index in [9.17, 15) is 5.26 Å². The van der Waals surface area contributed by atoms with Gasteiger partial charge in [0, 0.05) is 10.5 Å². The van der Waals surface area contributed by atoms with Gasteiger partial charge in [0.2, 0.25) is 0 Å². The number of pyridine rings is 1. The Labute approximate surface area is 143 Å². The van der Waals surface area contributed by atoms with Crippen LogP contribution in [0.5, 0.6) is 0 Å². The number of nitrogen functional groups attached to an aromatic ring is 1. The fourth-order valence-electron chi connectivity index (χ4n) is 2.23. The van der Waals surface area contributed by atoms with E-state index in [0.717, 1.165) is 10.5 Å². The Kier molecular flexibility index (Phi) is 4.52. The summed E-state index contributed by atoms with van der Waals surface area (Å²) in [5.41, 5.74) is 8.34. The summed E-state index contributed by atoms with van der Waals surface area (Å²) in [5, 5.41) is 10.4. The summed E-state index contributed by atoms with van der Waals surface area (Å²) in [6.45, 7) is 0. The van der Waals surface area contributed by atoms with E-state index in [-0.39, 0.29) is 5.15 Å². The minimum absolute atomic E-state index is 0.210. The van der Waals surface area contributed by atoms with Gasteiger partial charge in [-0.15, -0.1) is 0 Å². The van der Waals surface area contributed by atoms with E-state index in [0.29, 0.717) is 21.8 Å². The summed E-state index contributed by atoms with van der Waals surface area (Å²) < 4.78 is 0. The van der Waals surface area contributed by atoms with Crippen LogP contribution in [-0.2, 0) is 0 Å². The number of aromatic nitrogens is 1. The molecule has 0 radical (unpaired) electrons. The van der Waals surface area contributed by atoms with Gasteiger partial charge in [0.15, 0.2) is 5.15 Å². The van der Waals surface area contributed by atoms with Gasteiger partial charge in [-0.3, -0.25) is 0 Å². The maximum absolute atomic E-state index is 9.65. The molecule has 3 aromatic rings. The Morgan fingerprint density at radius 2 is 1.61 bits per heavy atom. The number of nitrogens with two attached hydrogens (primary N) is 1. The first-order chi connectivity index (χ1) is 11.2. The zero-order valence-electron chi connectivity index (χ0n) is 12.0. The van der Waals surface area contributed by atoms with Crippen molar-refractivity contribution < 1.29 is 0 Å². The van der Waals surface area contributed by atoms with Crippen LogP contribution in [0.3, 0.4) is 0 Å². The van der Waals surface area contributed by atoms with Gasteiger partial charge >= 0.3 is 0 Å². The number of anilines is 1. The summed E-state index contributed by atoms with van der Waals surface area (Å²) in [4.78, 5) is 5.29. The van der Waals surface area contributed by atoms with Crippen LogP contribution >= 0.6 is 23.4 Å². The Hall–Kier alpha value is -2.48. The third kappa shape index (κ3) is 3.16. The molecule has 0 aliphatic carbocycles. The largest absolute Gasteiger partial charge is 0.396 e. The average molecular weight is 338 g/mol. The number of halogens is 1. The highest BCUT2D eigenvalue weighted by Gasteiger charge is 2.19. The molecule has 0 amide bonds. The molecule has 1 heterocycles. The molecule has 0 fully saturated rings. The number of rotatable bonds is 3. The van der Waals surface area contributed by atoms with Crippen molar-refractivity contribution in [2.45, 2.75) is 9.92 Å². The van der Waals surface area contributed by atoms with E-state index in [1.807, 2.05) is 60.7 Å². The highest BCUT2D eigenvalue weighted by atomic mass is 35.5. The van der Waals surface area contributed by atoms with Crippen molar-refractivity contribution in [2.24, 2.45) is 0 Å². The molecule has 3 nitrogen and oxygen atoms in total. The molecule has 0 saturated heterocycles. The molecular weight excluding hydrogens is 326 g/mol. The third-order valence-electron chi connectivity index (χ3n) is 3.29. The lowest BCUT2D eigenvalue weighted by atomic mass is 10.0. The molecule has 1 aromatic heterocycles. The fraction of sp³-hybridized carbons (Fsp3) is 0. The normalized spacial score (nSPS) is 10.3. The molecule has 0 aliphatic heterocycles. The molecule has 0 unspecified atom stereocenters. The Balaban J connectivity index is 2.19. The number of nitrogens with zero attached hydrogens (tertiary/aromatic N) is 2. The van der Waals surface area contributed by atoms with E-state index in [1.165, 1.54) is 11.8 Å². The highest BCUT2D eigenvalue weighted by Crippen LogP contribution is 2.40. The monoisotopic (exact) mass is 337 g/mol. The summed E-state index contributed by atoms with van der Waals surface area (Å²) in [5.74, 6) is 0. The predicted molar refractivity (Wildman–Crippen MR) is 94.4 cm³/mol. The second-order valence-electron chi connectivity index (χ2n) is 4.76. The maximum atomic E-state index is 9.65. The average Bonchev–Trinajstić information content (AvgIpc) is 2.59. The summed E-state index contributed by atoms with van der Waals surface area (Å²) in [6, 6.07) is 21.5. The van der Waals surface area contributed by atoms with E-state index in [1.54, 1.807) is 0 Å². The molecule has 2 N–H and O–H groups in total. The van der Waals surface area contributed by atoms with Gasteiger partial charge in [0.05, 0.1) is 11.3 Å². The van der Waals surface area contributed by atoms with Crippen LogP contribution in [0.2, 0.25) is 5.15 Å². The lowest BCUT2D eigenvalue weighted by molar-refractivity contribution is 1.11. The number of hydrogen-bond acceptors (Lipinski definition) is 4. The van der Waals surface area contributed by atoms with E-state index in [2.05, 4.69) is 11.1 Å². The minimum atomic E-state index is 0.210. The van der Waals surface area contributed by atoms with Crippen LogP contribution in [0, 0.1) is 11.3 Å². The molecule has 0 bridgehead atoms. The first-order valence-electron chi connectivity index (χ1n) is 6.88. The molecule has 5 heteroatoms. The maximum Gasteiger partial charge on any atom is 0.153 e. The van der Waals surface area contributed by atoms with Crippen LogP contribution in [0.1, 0.15) is 5.56 Å². The molecule has 112 valence electrons. The Bertz CT molecular complexity index is 874. The van der Waals surface area contributed by atoms with E-state index >= 15 is 0 Å². The first kappa shape index (κ1) is 15.4. The van der Waals surface area contributed by atoms with E-state index in [4.69, 9.17) is 17.3 Å². The van der Waals surface area contributed by atoms with Crippen molar-refractivity contribution in [1.82, 2.24) is 4.98 Å². The van der Waals surface area contributed by atoms with Crippen molar-refractivity contribution in [2.75, 3.05) is 5.73 Å². The standard InChI is InChI=1S/C18H12ClN3S/c19-17-16(21)15(12-7-3-1-4-8-12)14(11-20)18(22-17)23-13-9-5-2-6-10-13/h1-10H,21H2. The molecule has 3 rings (SSSR count). The van der Waals surface area contributed by atoms with Gasteiger partial charge in [-0.1, -0.05) is 71.9 Å². The van der Waals surface area contributed by atoms with Crippen molar-refractivity contribution in [3.8, 4) is 17.2 Å². The molecule has 2 aromatic carbocycles. The van der Waals surface area contributed by atoms with Crippen LogP contribution in [0.25, 0.3) is 11.1 Å². The number of hydrogen-bond donors (Lipinski definition) is 1. The van der Waals surface area contributed by atoms with Crippen LogP contribution in [0.15, 0.2) is 70.6 Å². The van der Waals surface area contributed by atoms with Gasteiger partial charge in [-0.05, 0) is 17.7 Å². The van der Waals surface area contributed by atoms with Gasteiger partial charge in [0.1, 0.15) is 11.1 Å². The summed E-state index contributed by atoms with van der Waals surface area (Å²) in [7, 11) is 0. The van der Waals surface area contributed by atoms with Crippen molar-refractivity contribution in [3.05, 3.63) is 71.4 Å². The third-order valence-corrected chi connectivity index (χ3v) is 4.57. The van der Waals surface area contributed by atoms with Gasteiger partial charge in [-0.2, -0.15) is 5.26 Å². The molecule has 0 saturated carbocycles. The van der Waals surface area contributed by atoms with Crippen LogP contribution in [0.4, 0.5) is 5.69 Å². The minimum Gasteiger partial charge on any atom is -0.396 e. The topological polar surface area (TPSA) is 62.7 Å². The van der Waals surface area contributed by atoms with Gasteiger partial charge in [0.25, 0.3) is 0 Å². The van der Waals surface area contributed by atoms with E-state index < -0.39 is 0 Å². The first-order valence-corrected chi connectivity index (χ1v) is 8.07. The SMILES string of the molecule is N#Cc1c(Sc2ccccc2)nc(Cl)c(N)c1-c1ccccc1. The summed E-state index contributed by atoms with van der Waals surface area (Å²) >= 11 is 7.60. The van der Waals surface area contributed by atoms with Crippen LogP contribution in [-0.4, -0.2) is 4.98 Å². The second kappa shape index (κ2) is 6.74. The van der Waals surface area contributed by atoms with Crippen LogP contribution < -0.4 is 5.73 Å². The highest BCUT2D eigenvalue weighted by molar-refractivity contribution is 7.99. The molecule has 23 heavy (non-hydrogen) atoms. The lowest BCUT2D eigenvalue weighted by Crippen LogP contribution is -2.00. The molecule has 0 spiro atoms. The van der Waals surface area contributed by atoms with Crippen molar-refractivity contribution in [1.29, 1.82) is 5.26 Å². The van der Waals surface area contributed by atoms with Crippen molar-refractivity contribution >= 4 is 29.1 Å².